The molecule has 2 aromatic carbocycles. The van der Waals surface area contributed by atoms with Crippen LogP contribution in [0.25, 0.3) is 0 Å². The van der Waals surface area contributed by atoms with Crippen LogP contribution in [0.2, 0.25) is 0 Å². The van der Waals surface area contributed by atoms with E-state index < -0.39 is 0 Å². The third-order valence-electron chi connectivity index (χ3n) is 4.20. The molecule has 1 heterocycles. The number of hydrogen-bond donors (Lipinski definition) is 0. The number of rotatable bonds is 6. The molecule has 3 rings (SSSR count). The van der Waals surface area contributed by atoms with Crippen molar-refractivity contribution in [3.63, 3.8) is 0 Å². The Morgan fingerprint density at radius 3 is 2.63 bits per heavy atom. The van der Waals surface area contributed by atoms with Crippen LogP contribution in [-0.2, 0) is 9.53 Å². The third kappa shape index (κ3) is 4.95. The van der Waals surface area contributed by atoms with Crippen LogP contribution in [0.1, 0.15) is 24.8 Å². The zero-order valence-corrected chi connectivity index (χ0v) is 15.4. The minimum atomic E-state index is -0.280. The highest BCUT2D eigenvalue weighted by molar-refractivity contribution is 5.71. The molecule has 0 aromatic heterocycles. The molecule has 0 unspecified atom stereocenters. The highest BCUT2D eigenvalue weighted by atomic mass is 16.6. The van der Waals surface area contributed by atoms with Gasteiger partial charge in [-0.05, 0) is 36.8 Å². The van der Waals surface area contributed by atoms with E-state index in [1.54, 1.807) is 6.92 Å². The summed E-state index contributed by atoms with van der Waals surface area (Å²) < 4.78 is 22.1. The lowest BCUT2D eigenvalue weighted by atomic mass is 9.96. The summed E-state index contributed by atoms with van der Waals surface area (Å²) in [6.45, 7) is 2.59. The number of carbonyl (C=O) groups excluding carboxylic acids is 1. The Labute approximate surface area is 159 Å². The van der Waals surface area contributed by atoms with Gasteiger partial charge >= 0.3 is 5.97 Å². The van der Waals surface area contributed by atoms with Gasteiger partial charge in [-0.3, -0.25) is 4.79 Å². The maximum absolute atomic E-state index is 11.6. The van der Waals surface area contributed by atoms with Crippen molar-refractivity contribution in [2.75, 3.05) is 20.3 Å². The van der Waals surface area contributed by atoms with E-state index in [9.17, 15) is 4.79 Å². The lowest BCUT2D eigenvalue weighted by Gasteiger charge is -2.26. The van der Waals surface area contributed by atoms with Gasteiger partial charge in [0.2, 0.25) is 0 Å². The summed E-state index contributed by atoms with van der Waals surface area (Å²) in [7, 11) is 1.38. The topological polar surface area (TPSA) is 54.0 Å². The molecule has 0 spiro atoms. The standard InChI is InChI=1S/C22H22O5/c1-3-6-17(13-22(23)24-2)16-9-11-18(12-10-16)25-14-19-15-26-20-7-4-5-8-21(20)27-19/h4-5,7-12,17,19H,13-15H2,1-2H3/t17-,19-/m0/s1. The molecule has 0 radical (unpaired) electrons. The zero-order chi connectivity index (χ0) is 19.1. The van der Waals surface area contributed by atoms with Gasteiger partial charge in [0.15, 0.2) is 17.6 Å². The second-order valence-corrected chi connectivity index (χ2v) is 6.10. The van der Waals surface area contributed by atoms with Crippen molar-refractivity contribution >= 4 is 5.97 Å². The van der Waals surface area contributed by atoms with E-state index in [-0.39, 0.29) is 24.4 Å². The van der Waals surface area contributed by atoms with Gasteiger partial charge in [-0.2, -0.15) is 0 Å². The van der Waals surface area contributed by atoms with Gasteiger partial charge in [0.25, 0.3) is 0 Å². The lowest BCUT2D eigenvalue weighted by molar-refractivity contribution is -0.140. The summed E-state index contributed by atoms with van der Waals surface area (Å²) in [6.07, 6.45) is 0.0575. The average Bonchev–Trinajstić information content (AvgIpc) is 2.72. The Morgan fingerprint density at radius 1 is 1.19 bits per heavy atom. The second-order valence-electron chi connectivity index (χ2n) is 6.10. The number of fused-ring (bicyclic) bond motifs is 1. The highest BCUT2D eigenvalue weighted by Crippen LogP contribution is 2.31. The number of benzene rings is 2. The number of carbonyl (C=O) groups is 1. The van der Waals surface area contributed by atoms with Crippen molar-refractivity contribution in [2.45, 2.75) is 25.4 Å². The molecule has 2 atom stereocenters. The van der Waals surface area contributed by atoms with Crippen LogP contribution < -0.4 is 14.2 Å². The van der Waals surface area contributed by atoms with Gasteiger partial charge in [0.1, 0.15) is 19.0 Å². The summed E-state index contributed by atoms with van der Waals surface area (Å²) in [5.41, 5.74) is 0.952. The molecule has 0 aliphatic carbocycles. The van der Waals surface area contributed by atoms with E-state index >= 15 is 0 Å². The molecule has 27 heavy (non-hydrogen) atoms. The van der Waals surface area contributed by atoms with Gasteiger partial charge in [-0.25, -0.2) is 0 Å². The molecular weight excluding hydrogens is 344 g/mol. The van der Waals surface area contributed by atoms with Crippen molar-refractivity contribution in [3.05, 3.63) is 54.1 Å². The predicted molar refractivity (Wildman–Crippen MR) is 101 cm³/mol. The third-order valence-corrected chi connectivity index (χ3v) is 4.20. The first kappa shape index (κ1) is 18.7. The van der Waals surface area contributed by atoms with E-state index in [2.05, 4.69) is 11.8 Å². The highest BCUT2D eigenvalue weighted by Gasteiger charge is 2.21. The summed E-state index contributed by atoms with van der Waals surface area (Å²) in [5.74, 6) is 7.66. The second kappa shape index (κ2) is 9.00. The Kier molecular flexibility index (Phi) is 6.22. The molecule has 5 heteroatoms. The molecule has 0 fully saturated rings. The molecule has 0 N–H and O–H groups in total. The minimum absolute atomic E-state index is 0.169. The minimum Gasteiger partial charge on any atom is -0.490 e. The van der Waals surface area contributed by atoms with E-state index in [0.29, 0.717) is 13.2 Å². The van der Waals surface area contributed by atoms with Crippen molar-refractivity contribution in [2.24, 2.45) is 0 Å². The summed E-state index contributed by atoms with van der Waals surface area (Å²) in [6, 6.07) is 15.2. The Balaban J connectivity index is 1.57. The molecule has 1 aliphatic heterocycles. The van der Waals surface area contributed by atoms with Crippen LogP contribution in [-0.4, -0.2) is 32.4 Å². The number of methoxy groups -OCH3 is 1. The molecule has 0 bridgehead atoms. The predicted octanol–water partition coefficient (Wildman–Crippen LogP) is 3.58. The Bertz CT molecular complexity index is 832. The van der Waals surface area contributed by atoms with E-state index in [0.717, 1.165) is 22.8 Å². The van der Waals surface area contributed by atoms with Crippen LogP contribution in [0.4, 0.5) is 0 Å². The Hall–Kier alpha value is -3.13. The molecule has 2 aromatic rings. The van der Waals surface area contributed by atoms with Gasteiger partial charge in [-0.15, -0.1) is 5.92 Å². The summed E-state index contributed by atoms with van der Waals surface area (Å²) in [5, 5.41) is 0. The van der Waals surface area contributed by atoms with Crippen LogP contribution in [0, 0.1) is 11.8 Å². The van der Waals surface area contributed by atoms with E-state index in [1.165, 1.54) is 7.11 Å². The first-order valence-corrected chi connectivity index (χ1v) is 8.80. The first-order chi connectivity index (χ1) is 13.2. The SMILES string of the molecule is CC#C[C@@H](CC(=O)OC)c1ccc(OC[C@H]2COc3ccccc3O2)cc1. The molecule has 5 nitrogen and oxygen atoms in total. The molecule has 0 saturated carbocycles. The van der Waals surface area contributed by atoms with Crippen LogP contribution in [0.5, 0.6) is 17.2 Å². The average molecular weight is 366 g/mol. The van der Waals surface area contributed by atoms with Gasteiger partial charge in [-0.1, -0.05) is 30.2 Å². The monoisotopic (exact) mass is 366 g/mol. The summed E-state index contributed by atoms with van der Waals surface area (Å²) >= 11 is 0. The Morgan fingerprint density at radius 2 is 1.93 bits per heavy atom. The number of esters is 1. The van der Waals surface area contributed by atoms with E-state index in [1.807, 2.05) is 48.5 Å². The van der Waals surface area contributed by atoms with Crippen molar-refractivity contribution in [1.29, 1.82) is 0 Å². The zero-order valence-electron chi connectivity index (χ0n) is 15.4. The molecule has 140 valence electrons. The summed E-state index contributed by atoms with van der Waals surface area (Å²) in [4.78, 5) is 11.6. The quantitative estimate of drug-likeness (QED) is 0.578. The maximum Gasteiger partial charge on any atom is 0.307 e. The van der Waals surface area contributed by atoms with Crippen molar-refractivity contribution in [1.82, 2.24) is 0 Å². The smallest absolute Gasteiger partial charge is 0.307 e. The molecule has 0 saturated heterocycles. The first-order valence-electron chi connectivity index (χ1n) is 8.80. The van der Waals surface area contributed by atoms with E-state index in [4.69, 9.17) is 18.9 Å². The lowest BCUT2D eigenvalue weighted by Crippen LogP contribution is -2.34. The van der Waals surface area contributed by atoms with Gasteiger partial charge in [0.05, 0.1) is 19.4 Å². The molecule has 0 amide bonds. The number of hydrogen-bond acceptors (Lipinski definition) is 5. The number of ether oxygens (including phenoxy) is 4. The fraction of sp³-hybridized carbons (Fsp3) is 0.318. The van der Waals surface area contributed by atoms with Crippen LogP contribution in [0.15, 0.2) is 48.5 Å². The fourth-order valence-corrected chi connectivity index (χ4v) is 2.81. The molecule has 1 aliphatic rings. The normalized spacial score (nSPS) is 15.9. The number of para-hydroxylation sites is 2. The van der Waals surface area contributed by atoms with Crippen LogP contribution in [0.3, 0.4) is 0 Å². The van der Waals surface area contributed by atoms with Gasteiger partial charge < -0.3 is 18.9 Å². The van der Waals surface area contributed by atoms with Crippen molar-refractivity contribution < 1.29 is 23.7 Å². The maximum atomic E-state index is 11.6. The van der Waals surface area contributed by atoms with Gasteiger partial charge in [0, 0.05) is 0 Å². The van der Waals surface area contributed by atoms with Crippen LogP contribution >= 0.6 is 0 Å². The molecular formula is C22H22O5. The largest absolute Gasteiger partial charge is 0.490 e. The fourth-order valence-electron chi connectivity index (χ4n) is 2.81. The van der Waals surface area contributed by atoms with Crippen molar-refractivity contribution in [3.8, 4) is 29.1 Å².